The van der Waals surface area contributed by atoms with E-state index in [-0.39, 0.29) is 11.9 Å². The molecule has 1 saturated carbocycles. The average Bonchev–Trinajstić information content (AvgIpc) is 2.68. The fourth-order valence-electron chi connectivity index (χ4n) is 3.65. The van der Waals surface area contributed by atoms with E-state index >= 15 is 0 Å². The predicted octanol–water partition coefficient (Wildman–Crippen LogP) is 1.51. The van der Waals surface area contributed by atoms with Crippen molar-refractivity contribution < 1.29 is 4.79 Å². The Balaban J connectivity index is 2.07. The van der Waals surface area contributed by atoms with Crippen LogP contribution in [0.3, 0.4) is 0 Å². The van der Waals surface area contributed by atoms with Crippen molar-refractivity contribution >= 4 is 5.91 Å². The molecule has 0 bridgehead atoms. The fraction of sp³-hybridized carbons (Fsp3) is 0.933. The van der Waals surface area contributed by atoms with Crippen LogP contribution in [-0.4, -0.2) is 49.1 Å². The third-order valence-corrected chi connectivity index (χ3v) is 4.66. The lowest BCUT2D eigenvalue weighted by Crippen LogP contribution is -2.62. The Morgan fingerprint density at radius 1 is 1.26 bits per heavy atom. The van der Waals surface area contributed by atoms with Gasteiger partial charge in [0.1, 0.15) is 0 Å². The van der Waals surface area contributed by atoms with Crippen LogP contribution in [0.4, 0.5) is 0 Å². The molecule has 2 aliphatic rings. The lowest BCUT2D eigenvalue weighted by molar-refractivity contribution is -0.133. The maximum Gasteiger partial charge on any atom is 0.237 e. The van der Waals surface area contributed by atoms with E-state index in [9.17, 15) is 4.79 Å². The summed E-state index contributed by atoms with van der Waals surface area (Å²) < 4.78 is 0. The van der Waals surface area contributed by atoms with Gasteiger partial charge in [-0.15, -0.1) is 0 Å². The zero-order valence-electron chi connectivity index (χ0n) is 12.5. The van der Waals surface area contributed by atoms with Crippen molar-refractivity contribution in [1.82, 2.24) is 15.5 Å². The molecule has 1 aliphatic heterocycles. The van der Waals surface area contributed by atoms with Gasteiger partial charge in [0.05, 0.1) is 6.04 Å². The molecular weight excluding hydrogens is 238 g/mol. The first-order chi connectivity index (χ1) is 9.24. The van der Waals surface area contributed by atoms with Gasteiger partial charge in [0.15, 0.2) is 0 Å². The maximum absolute atomic E-state index is 12.2. The van der Waals surface area contributed by atoms with Gasteiger partial charge in [-0.25, -0.2) is 0 Å². The molecule has 110 valence electrons. The summed E-state index contributed by atoms with van der Waals surface area (Å²) in [6.45, 7) is 3.98. The molecule has 2 rings (SSSR count). The second-order valence-electron chi connectivity index (χ2n) is 6.09. The van der Waals surface area contributed by atoms with Crippen LogP contribution in [0.2, 0.25) is 0 Å². The topological polar surface area (TPSA) is 44.4 Å². The van der Waals surface area contributed by atoms with Gasteiger partial charge in [-0.3, -0.25) is 9.69 Å². The molecule has 1 saturated heterocycles. The van der Waals surface area contributed by atoms with Crippen molar-refractivity contribution in [2.45, 2.75) is 70.0 Å². The minimum Gasteiger partial charge on any atom is -0.353 e. The van der Waals surface area contributed by atoms with Crippen molar-refractivity contribution in [2.75, 3.05) is 20.1 Å². The zero-order valence-corrected chi connectivity index (χ0v) is 12.5. The smallest absolute Gasteiger partial charge is 0.237 e. The minimum atomic E-state index is 0.0688. The van der Waals surface area contributed by atoms with Crippen molar-refractivity contribution in [2.24, 2.45) is 0 Å². The Hall–Kier alpha value is -0.610. The van der Waals surface area contributed by atoms with Crippen molar-refractivity contribution in [3.8, 4) is 0 Å². The Morgan fingerprint density at radius 2 is 1.95 bits per heavy atom. The van der Waals surface area contributed by atoms with E-state index in [0.717, 1.165) is 19.5 Å². The average molecular weight is 267 g/mol. The summed E-state index contributed by atoms with van der Waals surface area (Å²) in [5.74, 6) is 0.234. The van der Waals surface area contributed by atoms with Gasteiger partial charge in [0, 0.05) is 18.6 Å². The summed E-state index contributed by atoms with van der Waals surface area (Å²) in [7, 11) is 1.96. The van der Waals surface area contributed by atoms with Crippen LogP contribution < -0.4 is 10.6 Å². The standard InChI is InChI=1S/C15H29N3O/c1-12-11-17-15(19)14(9-10-16-2)18(12)13-7-5-3-4-6-8-13/h12-14,16H,3-11H2,1-2H3,(H,17,19). The molecule has 2 unspecified atom stereocenters. The number of nitrogens with zero attached hydrogens (tertiary/aromatic N) is 1. The predicted molar refractivity (Wildman–Crippen MR) is 78.1 cm³/mol. The molecule has 4 heteroatoms. The summed E-state index contributed by atoms with van der Waals surface area (Å²) >= 11 is 0. The van der Waals surface area contributed by atoms with Crippen LogP contribution in [0.5, 0.6) is 0 Å². The Kier molecular flexibility index (Phi) is 5.64. The zero-order chi connectivity index (χ0) is 13.7. The van der Waals surface area contributed by atoms with E-state index < -0.39 is 0 Å². The second-order valence-corrected chi connectivity index (χ2v) is 6.09. The van der Waals surface area contributed by atoms with Gasteiger partial charge in [0.25, 0.3) is 0 Å². The number of hydrogen-bond acceptors (Lipinski definition) is 3. The molecule has 19 heavy (non-hydrogen) atoms. The van der Waals surface area contributed by atoms with Crippen molar-refractivity contribution in [3.05, 3.63) is 0 Å². The Labute approximate surface area is 117 Å². The number of carbonyl (C=O) groups is 1. The largest absolute Gasteiger partial charge is 0.353 e. The molecule has 4 nitrogen and oxygen atoms in total. The molecule has 0 aromatic rings. The van der Waals surface area contributed by atoms with E-state index in [1.807, 2.05) is 7.05 Å². The molecular formula is C15H29N3O. The molecule has 2 atom stereocenters. The van der Waals surface area contributed by atoms with Gasteiger partial charge in [-0.1, -0.05) is 25.7 Å². The van der Waals surface area contributed by atoms with Crippen LogP contribution in [-0.2, 0) is 4.79 Å². The van der Waals surface area contributed by atoms with Crippen molar-refractivity contribution in [1.29, 1.82) is 0 Å². The van der Waals surface area contributed by atoms with Crippen LogP contribution in [0.25, 0.3) is 0 Å². The lowest BCUT2D eigenvalue weighted by Gasteiger charge is -2.45. The van der Waals surface area contributed by atoms with Gasteiger partial charge in [-0.05, 0) is 39.8 Å². The Morgan fingerprint density at radius 3 is 2.58 bits per heavy atom. The van der Waals surface area contributed by atoms with Gasteiger partial charge in [0.2, 0.25) is 5.91 Å². The molecule has 0 radical (unpaired) electrons. The van der Waals surface area contributed by atoms with E-state index in [2.05, 4.69) is 22.5 Å². The number of nitrogens with one attached hydrogen (secondary N) is 2. The summed E-state index contributed by atoms with van der Waals surface area (Å²) in [4.78, 5) is 14.7. The lowest BCUT2D eigenvalue weighted by atomic mass is 9.97. The quantitative estimate of drug-likeness (QED) is 0.759. The first-order valence-corrected chi connectivity index (χ1v) is 7.93. The molecule has 2 fully saturated rings. The number of rotatable bonds is 4. The van der Waals surface area contributed by atoms with E-state index in [0.29, 0.717) is 12.1 Å². The number of amides is 1. The number of hydrogen-bond donors (Lipinski definition) is 2. The molecule has 1 aliphatic carbocycles. The molecule has 0 aromatic carbocycles. The van der Waals surface area contributed by atoms with E-state index in [1.54, 1.807) is 0 Å². The van der Waals surface area contributed by atoms with Crippen molar-refractivity contribution in [3.63, 3.8) is 0 Å². The Bertz CT molecular complexity index is 287. The summed E-state index contributed by atoms with van der Waals surface area (Å²) in [6.07, 6.45) is 8.85. The van der Waals surface area contributed by atoms with Gasteiger partial charge < -0.3 is 10.6 Å². The third-order valence-electron chi connectivity index (χ3n) is 4.66. The highest BCUT2D eigenvalue weighted by Crippen LogP contribution is 2.27. The fourth-order valence-corrected chi connectivity index (χ4v) is 3.65. The molecule has 0 aromatic heterocycles. The van der Waals surface area contributed by atoms with Crippen LogP contribution in [0, 0.1) is 0 Å². The van der Waals surface area contributed by atoms with Gasteiger partial charge in [-0.2, -0.15) is 0 Å². The van der Waals surface area contributed by atoms with Crippen LogP contribution >= 0.6 is 0 Å². The highest BCUT2D eigenvalue weighted by Gasteiger charge is 2.37. The highest BCUT2D eigenvalue weighted by atomic mass is 16.2. The SMILES string of the molecule is CNCCC1C(=O)NCC(C)N1C1CCCCCC1. The first-order valence-electron chi connectivity index (χ1n) is 7.93. The summed E-state index contributed by atoms with van der Waals surface area (Å²) in [6, 6.07) is 1.16. The van der Waals surface area contributed by atoms with E-state index in [1.165, 1.54) is 38.5 Å². The summed E-state index contributed by atoms with van der Waals surface area (Å²) in [5, 5.41) is 6.25. The summed E-state index contributed by atoms with van der Waals surface area (Å²) in [5.41, 5.74) is 0. The molecule has 1 heterocycles. The number of piperazine rings is 1. The second kappa shape index (κ2) is 7.25. The molecule has 2 N–H and O–H groups in total. The van der Waals surface area contributed by atoms with Crippen LogP contribution in [0.1, 0.15) is 51.9 Å². The minimum absolute atomic E-state index is 0.0688. The number of carbonyl (C=O) groups excluding carboxylic acids is 1. The van der Waals surface area contributed by atoms with Crippen LogP contribution in [0.15, 0.2) is 0 Å². The van der Waals surface area contributed by atoms with Gasteiger partial charge >= 0.3 is 0 Å². The monoisotopic (exact) mass is 267 g/mol. The third kappa shape index (κ3) is 3.69. The molecule has 1 amide bonds. The van der Waals surface area contributed by atoms with E-state index in [4.69, 9.17) is 0 Å². The maximum atomic E-state index is 12.2. The highest BCUT2D eigenvalue weighted by molar-refractivity contribution is 5.82. The molecule has 0 spiro atoms. The normalized spacial score (nSPS) is 30.9. The first kappa shape index (κ1) is 14.8.